The van der Waals surface area contributed by atoms with Gasteiger partial charge in [-0.25, -0.2) is 8.42 Å². The van der Waals surface area contributed by atoms with Crippen LogP contribution < -0.4 is 5.73 Å². The molecule has 106 valence electrons. The molecule has 1 aliphatic rings. The van der Waals surface area contributed by atoms with Gasteiger partial charge in [0, 0.05) is 24.7 Å². The van der Waals surface area contributed by atoms with Crippen molar-refractivity contribution in [2.24, 2.45) is 11.7 Å². The lowest BCUT2D eigenvalue weighted by molar-refractivity contribution is 0.304. The second-order valence-corrected chi connectivity index (χ2v) is 7.93. The van der Waals surface area contributed by atoms with Crippen LogP contribution in [-0.2, 0) is 16.3 Å². The maximum atomic E-state index is 11.7. The minimum absolute atomic E-state index is 0.0342. The topological polar surface area (TPSA) is 73.0 Å². The number of nitrogens with zero attached hydrogens (tertiary/aromatic N) is 1. The molecule has 4 nitrogen and oxygen atoms in total. The molecule has 0 bridgehead atoms. The Morgan fingerprint density at radius 3 is 2.68 bits per heavy atom. The van der Waals surface area contributed by atoms with Crippen molar-refractivity contribution >= 4 is 9.84 Å². The van der Waals surface area contributed by atoms with Crippen molar-refractivity contribution < 1.29 is 8.42 Å². The Morgan fingerprint density at radius 1 is 1.37 bits per heavy atom. The predicted octanol–water partition coefficient (Wildman–Crippen LogP) is 1.55. The van der Waals surface area contributed by atoms with Gasteiger partial charge >= 0.3 is 0 Å². The molecule has 3 atom stereocenters. The Labute approximate surface area is 115 Å². The van der Waals surface area contributed by atoms with E-state index in [1.54, 1.807) is 12.4 Å². The van der Waals surface area contributed by atoms with Crippen molar-refractivity contribution in [3.05, 3.63) is 30.1 Å². The summed E-state index contributed by atoms with van der Waals surface area (Å²) < 4.78 is 23.3. The normalized spacial score (nSPS) is 26.0. The fourth-order valence-electron chi connectivity index (χ4n) is 2.92. The fraction of sp³-hybridized carbons (Fsp3) is 0.643. The highest BCUT2D eigenvalue weighted by molar-refractivity contribution is 7.91. The summed E-state index contributed by atoms with van der Waals surface area (Å²) in [5, 5.41) is -0.199. The van der Waals surface area contributed by atoms with Gasteiger partial charge < -0.3 is 5.73 Å². The minimum Gasteiger partial charge on any atom is -0.327 e. The molecule has 1 aromatic heterocycles. The third-order valence-electron chi connectivity index (χ3n) is 4.10. The zero-order valence-corrected chi connectivity index (χ0v) is 12.1. The van der Waals surface area contributed by atoms with Crippen molar-refractivity contribution in [2.45, 2.75) is 43.4 Å². The van der Waals surface area contributed by atoms with Crippen LogP contribution in [0, 0.1) is 5.92 Å². The zero-order chi connectivity index (χ0) is 13.9. The Kier molecular flexibility index (Phi) is 4.58. The first-order valence-corrected chi connectivity index (χ1v) is 8.75. The van der Waals surface area contributed by atoms with E-state index in [1.165, 1.54) is 11.8 Å². The second kappa shape index (κ2) is 6.01. The largest absolute Gasteiger partial charge is 0.327 e. The van der Waals surface area contributed by atoms with Gasteiger partial charge in [-0.1, -0.05) is 6.42 Å². The highest BCUT2D eigenvalue weighted by Crippen LogP contribution is 2.30. The number of sulfone groups is 1. The highest BCUT2D eigenvalue weighted by Gasteiger charge is 2.31. The van der Waals surface area contributed by atoms with E-state index in [9.17, 15) is 8.42 Å². The Bertz CT molecular complexity index is 501. The molecular weight excluding hydrogens is 260 g/mol. The number of hydrogen-bond donors (Lipinski definition) is 1. The monoisotopic (exact) mass is 282 g/mol. The van der Waals surface area contributed by atoms with E-state index in [1.807, 2.05) is 12.1 Å². The molecule has 1 fully saturated rings. The number of hydrogen-bond acceptors (Lipinski definition) is 4. The van der Waals surface area contributed by atoms with Gasteiger partial charge in [-0.15, -0.1) is 0 Å². The Hall–Kier alpha value is -0.940. The van der Waals surface area contributed by atoms with Crippen LogP contribution in [0.5, 0.6) is 0 Å². The number of aromatic nitrogens is 1. The Morgan fingerprint density at radius 2 is 2.05 bits per heavy atom. The molecule has 1 aromatic rings. The van der Waals surface area contributed by atoms with Crippen molar-refractivity contribution in [2.75, 3.05) is 6.26 Å². The minimum atomic E-state index is -2.93. The highest BCUT2D eigenvalue weighted by atomic mass is 32.2. The van der Waals surface area contributed by atoms with Gasteiger partial charge in [0.15, 0.2) is 0 Å². The molecule has 1 saturated carbocycles. The number of nitrogens with two attached hydrogens (primary N) is 1. The summed E-state index contributed by atoms with van der Waals surface area (Å²) in [5.41, 5.74) is 7.44. The van der Waals surface area contributed by atoms with E-state index in [0.717, 1.165) is 25.7 Å². The van der Waals surface area contributed by atoms with Gasteiger partial charge in [-0.2, -0.15) is 0 Å². The maximum absolute atomic E-state index is 11.7. The SMILES string of the molecule is CS(=O)(=O)C1CCCC(C(N)Cc2ccncc2)C1. The van der Waals surface area contributed by atoms with E-state index >= 15 is 0 Å². The first kappa shape index (κ1) is 14.5. The summed E-state index contributed by atoms with van der Waals surface area (Å²) in [6, 6.07) is 3.97. The summed E-state index contributed by atoms with van der Waals surface area (Å²) in [7, 11) is -2.93. The molecule has 0 aromatic carbocycles. The number of rotatable bonds is 4. The fourth-order valence-corrected chi connectivity index (χ4v) is 4.11. The van der Waals surface area contributed by atoms with Crippen LogP contribution in [0.3, 0.4) is 0 Å². The van der Waals surface area contributed by atoms with Crippen molar-refractivity contribution in [1.82, 2.24) is 4.98 Å². The van der Waals surface area contributed by atoms with Crippen LogP contribution in [0.15, 0.2) is 24.5 Å². The first-order valence-electron chi connectivity index (χ1n) is 6.80. The maximum Gasteiger partial charge on any atom is 0.150 e. The lowest BCUT2D eigenvalue weighted by atomic mass is 9.82. The van der Waals surface area contributed by atoms with Gasteiger partial charge in [0.1, 0.15) is 9.84 Å². The lowest BCUT2D eigenvalue weighted by Crippen LogP contribution is -2.38. The van der Waals surface area contributed by atoms with Crippen LogP contribution in [0.1, 0.15) is 31.2 Å². The molecule has 2 rings (SSSR count). The third-order valence-corrected chi connectivity index (χ3v) is 5.74. The number of pyridine rings is 1. The molecule has 1 aliphatic carbocycles. The molecule has 0 spiro atoms. The molecule has 19 heavy (non-hydrogen) atoms. The quantitative estimate of drug-likeness (QED) is 0.909. The van der Waals surface area contributed by atoms with E-state index in [0.29, 0.717) is 12.3 Å². The summed E-state index contributed by atoms with van der Waals surface area (Å²) in [6.45, 7) is 0. The van der Waals surface area contributed by atoms with Gasteiger partial charge in [0.05, 0.1) is 5.25 Å². The van der Waals surface area contributed by atoms with Crippen molar-refractivity contribution in [1.29, 1.82) is 0 Å². The molecule has 0 amide bonds. The standard InChI is InChI=1S/C14H22N2O2S/c1-19(17,18)13-4-2-3-12(10-13)14(15)9-11-5-7-16-8-6-11/h5-8,12-14H,2-4,9-10,15H2,1H3. The molecule has 3 unspecified atom stereocenters. The van der Waals surface area contributed by atoms with Crippen LogP contribution in [0.4, 0.5) is 0 Å². The summed E-state index contributed by atoms with van der Waals surface area (Å²) in [4.78, 5) is 3.99. The predicted molar refractivity (Wildman–Crippen MR) is 76.5 cm³/mol. The smallest absolute Gasteiger partial charge is 0.150 e. The third kappa shape index (κ3) is 4.01. The summed E-state index contributed by atoms with van der Waals surface area (Å²) in [6.07, 6.45) is 9.18. The van der Waals surface area contributed by atoms with Gasteiger partial charge in [-0.3, -0.25) is 4.98 Å². The van der Waals surface area contributed by atoms with E-state index < -0.39 is 9.84 Å². The molecule has 0 saturated heterocycles. The molecule has 2 N–H and O–H groups in total. The molecule has 1 heterocycles. The van der Waals surface area contributed by atoms with Gasteiger partial charge in [0.25, 0.3) is 0 Å². The van der Waals surface area contributed by atoms with E-state index in [4.69, 9.17) is 5.73 Å². The Balaban J connectivity index is 1.98. The van der Waals surface area contributed by atoms with Crippen molar-refractivity contribution in [3.63, 3.8) is 0 Å². The first-order chi connectivity index (χ1) is 8.97. The second-order valence-electron chi connectivity index (χ2n) is 5.60. The van der Waals surface area contributed by atoms with Gasteiger partial charge in [-0.05, 0) is 49.3 Å². The van der Waals surface area contributed by atoms with Crippen LogP contribution in [0.2, 0.25) is 0 Å². The van der Waals surface area contributed by atoms with Crippen molar-refractivity contribution in [3.8, 4) is 0 Å². The molecule has 0 aliphatic heterocycles. The van der Waals surface area contributed by atoms with Crippen LogP contribution in [-0.4, -0.2) is 30.9 Å². The van der Waals surface area contributed by atoms with E-state index in [-0.39, 0.29) is 11.3 Å². The lowest BCUT2D eigenvalue weighted by Gasteiger charge is -2.32. The average molecular weight is 282 g/mol. The molecule has 0 radical (unpaired) electrons. The molecular formula is C14H22N2O2S. The van der Waals surface area contributed by atoms with Crippen LogP contribution >= 0.6 is 0 Å². The summed E-state index contributed by atoms with van der Waals surface area (Å²) in [5.74, 6) is 0.307. The zero-order valence-electron chi connectivity index (χ0n) is 11.3. The van der Waals surface area contributed by atoms with Crippen LogP contribution in [0.25, 0.3) is 0 Å². The van der Waals surface area contributed by atoms with Gasteiger partial charge in [0.2, 0.25) is 0 Å². The average Bonchev–Trinajstić information content (AvgIpc) is 2.39. The summed E-state index contributed by atoms with van der Waals surface area (Å²) >= 11 is 0. The van der Waals surface area contributed by atoms with E-state index in [2.05, 4.69) is 4.98 Å². The molecule has 5 heteroatoms.